The lowest BCUT2D eigenvalue weighted by Gasteiger charge is -2.06. The van der Waals surface area contributed by atoms with E-state index in [1.54, 1.807) is 17.1 Å². The fourth-order valence-corrected chi connectivity index (χ4v) is 3.66. The molecule has 0 fully saturated rings. The van der Waals surface area contributed by atoms with E-state index in [0.717, 1.165) is 50.6 Å². The molecule has 5 aromatic heterocycles. The highest BCUT2D eigenvalue weighted by atomic mass is 16.5. The van der Waals surface area contributed by atoms with Crippen LogP contribution in [0.2, 0.25) is 0 Å². The Hall–Kier alpha value is -3.81. The van der Waals surface area contributed by atoms with Crippen LogP contribution in [0, 0.1) is 13.8 Å². The summed E-state index contributed by atoms with van der Waals surface area (Å²) in [4.78, 5) is 13.5. The molecule has 0 saturated carbocycles. The molecule has 29 heavy (non-hydrogen) atoms. The van der Waals surface area contributed by atoms with Crippen LogP contribution in [0.4, 0.5) is 0 Å². The van der Waals surface area contributed by atoms with Crippen LogP contribution in [0.5, 0.6) is 0 Å². The van der Waals surface area contributed by atoms with Crippen LogP contribution in [0.1, 0.15) is 17.3 Å². The molecule has 0 bridgehead atoms. The Morgan fingerprint density at radius 2 is 1.83 bits per heavy atom. The maximum Gasteiger partial charge on any atom is 0.147 e. The summed E-state index contributed by atoms with van der Waals surface area (Å²) in [5, 5.41) is 8.39. The first-order valence-corrected chi connectivity index (χ1v) is 9.27. The van der Waals surface area contributed by atoms with E-state index in [-0.39, 0.29) is 0 Å². The van der Waals surface area contributed by atoms with Crippen LogP contribution < -0.4 is 0 Å². The van der Waals surface area contributed by atoms with Crippen LogP contribution >= 0.6 is 0 Å². The van der Waals surface area contributed by atoms with E-state index < -0.39 is 0 Å². The Morgan fingerprint density at radius 1 is 1.00 bits per heavy atom. The van der Waals surface area contributed by atoms with E-state index in [0.29, 0.717) is 6.54 Å². The van der Waals surface area contributed by atoms with Crippen molar-refractivity contribution < 1.29 is 4.52 Å². The topological polar surface area (TPSA) is 87.5 Å². The van der Waals surface area contributed by atoms with Gasteiger partial charge in [0.1, 0.15) is 11.6 Å². The summed E-state index contributed by atoms with van der Waals surface area (Å²) < 4.78 is 9.26. The summed E-state index contributed by atoms with van der Waals surface area (Å²) in [5.74, 6) is 1.52. The molecule has 0 spiro atoms. The second-order valence-electron chi connectivity index (χ2n) is 7.03. The van der Waals surface area contributed by atoms with Gasteiger partial charge in [-0.25, -0.2) is 9.97 Å². The summed E-state index contributed by atoms with van der Waals surface area (Å²) in [6, 6.07) is 3.94. The minimum atomic E-state index is 0.546. The largest absolute Gasteiger partial charge is 0.361 e. The van der Waals surface area contributed by atoms with Gasteiger partial charge >= 0.3 is 0 Å². The zero-order valence-electron chi connectivity index (χ0n) is 16.4. The first-order chi connectivity index (χ1) is 14.1. The molecule has 0 aliphatic rings. The SMILES string of the molecule is Cc1noc(C)c1-c1cnc2c(-c3cnn(C)c3)cn(Cc3ncccn3)c2c1. The van der Waals surface area contributed by atoms with E-state index in [2.05, 4.69) is 37.1 Å². The van der Waals surface area contributed by atoms with Gasteiger partial charge in [0.15, 0.2) is 0 Å². The number of aromatic nitrogens is 7. The number of hydrogen-bond donors (Lipinski definition) is 0. The maximum absolute atomic E-state index is 5.35. The highest BCUT2D eigenvalue weighted by Crippen LogP contribution is 2.33. The minimum absolute atomic E-state index is 0.546. The number of rotatable bonds is 4. The van der Waals surface area contributed by atoms with E-state index in [9.17, 15) is 0 Å². The lowest BCUT2D eigenvalue weighted by atomic mass is 10.1. The highest BCUT2D eigenvalue weighted by Gasteiger charge is 2.18. The molecule has 0 radical (unpaired) electrons. The van der Waals surface area contributed by atoms with Gasteiger partial charge in [0.05, 0.1) is 29.5 Å². The number of hydrogen-bond acceptors (Lipinski definition) is 6. The maximum atomic E-state index is 5.35. The van der Waals surface area contributed by atoms with Crippen molar-refractivity contribution >= 4 is 11.0 Å². The van der Waals surface area contributed by atoms with Gasteiger partial charge in [-0.1, -0.05) is 5.16 Å². The van der Waals surface area contributed by atoms with Gasteiger partial charge in [0, 0.05) is 60.3 Å². The van der Waals surface area contributed by atoms with Crippen molar-refractivity contribution in [2.24, 2.45) is 7.05 Å². The van der Waals surface area contributed by atoms with Crippen molar-refractivity contribution in [1.29, 1.82) is 0 Å². The second kappa shape index (κ2) is 6.66. The summed E-state index contributed by atoms with van der Waals surface area (Å²) in [6.45, 7) is 4.40. The predicted octanol–water partition coefficient (Wildman–Crippen LogP) is 3.55. The molecule has 5 heterocycles. The van der Waals surface area contributed by atoms with Crippen LogP contribution in [-0.4, -0.2) is 34.5 Å². The second-order valence-corrected chi connectivity index (χ2v) is 7.03. The van der Waals surface area contributed by atoms with Crippen molar-refractivity contribution in [2.45, 2.75) is 20.4 Å². The fourth-order valence-electron chi connectivity index (χ4n) is 3.66. The number of pyridine rings is 1. The molecule has 0 aliphatic heterocycles. The number of nitrogens with zero attached hydrogens (tertiary/aromatic N) is 7. The molecule has 0 saturated heterocycles. The van der Waals surface area contributed by atoms with Crippen molar-refractivity contribution in [2.75, 3.05) is 0 Å². The van der Waals surface area contributed by atoms with Gasteiger partial charge in [0.2, 0.25) is 0 Å². The Balaban J connectivity index is 1.71. The molecule has 0 aromatic carbocycles. The summed E-state index contributed by atoms with van der Waals surface area (Å²) in [6.07, 6.45) is 11.3. The van der Waals surface area contributed by atoms with Crippen LogP contribution in [0.3, 0.4) is 0 Å². The van der Waals surface area contributed by atoms with E-state index >= 15 is 0 Å². The zero-order chi connectivity index (χ0) is 20.0. The van der Waals surface area contributed by atoms with Gasteiger partial charge in [0.25, 0.3) is 0 Å². The van der Waals surface area contributed by atoms with Crippen molar-refractivity contribution in [3.8, 4) is 22.3 Å². The van der Waals surface area contributed by atoms with Crippen LogP contribution in [-0.2, 0) is 13.6 Å². The lowest BCUT2D eigenvalue weighted by molar-refractivity contribution is 0.393. The molecule has 8 nitrogen and oxygen atoms in total. The Kier molecular flexibility index (Phi) is 3.97. The summed E-state index contributed by atoms with van der Waals surface area (Å²) in [5.41, 5.74) is 6.74. The Bertz CT molecular complexity index is 1290. The first-order valence-electron chi connectivity index (χ1n) is 9.27. The normalized spacial score (nSPS) is 11.4. The number of fused-ring (bicyclic) bond motifs is 1. The average molecular weight is 385 g/mol. The smallest absolute Gasteiger partial charge is 0.147 e. The van der Waals surface area contributed by atoms with Gasteiger partial charge in [-0.05, 0) is 26.0 Å². The third-order valence-electron chi connectivity index (χ3n) is 4.99. The van der Waals surface area contributed by atoms with Gasteiger partial charge in [-0.2, -0.15) is 5.10 Å². The van der Waals surface area contributed by atoms with Crippen molar-refractivity contribution in [3.63, 3.8) is 0 Å². The third kappa shape index (κ3) is 2.98. The van der Waals surface area contributed by atoms with Gasteiger partial charge in [-0.15, -0.1) is 0 Å². The van der Waals surface area contributed by atoms with Gasteiger partial charge < -0.3 is 9.09 Å². The van der Waals surface area contributed by atoms with E-state index in [1.165, 1.54) is 0 Å². The summed E-state index contributed by atoms with van der Waals surface area (Å²) >= 11 is 0. The zero-order valence-corrected chi connectivity index (χ0v) is 16.4. The quantitative estimate of drug-likeness (QED) is 0.470. The molecular weight excluding hydrogens is 366 g/mol. The third-order valence-corrected chi connectivity index (χ3v) is 4.99. The van der Waals surface area contributed by atoms with Crippen LogP contribution in [0.25, 0.3) is 33.3 Å². The lowest BCUT2D eigenvalue weighted by Crippen LogP contribution is -2.02. The summed E-state index contributed by atoms with van der Waals surface area (Å²) in [7, 11) is 1.91. The Morgan fingerprint density at radius 3 is 2.52 bits per heavy atom. The molecule has 0 N–H and O–H groups in total. The molecule has 0 atom stereocenters. The fraction of sp³-hybridized carbons (Fsp3) is 0.190. The predicted molar refractivity (Wildman–Crippen MR) is 108 cm³/mol. The number of aryl methyl sites for hydroxylation is 3. The first kappa shape index (κ1) is 17.3. The molecular formula is C21H19N7O. The minimum Gasteiger partial charge on any atom is -0.361 e. The molecule has 5 rings (SSSR count). The molecule has 0 amide bonds. The molecule has 5 aromatic rings. The average Bonchev–Trinajstić information content (AvgIpc) is 3.40. The van der Waals surface area contributed by atoms with Gasteiger partial charge in [-0.3, -0.25) is 9.67 Å². The highest BCUT2D eigenvalue weighted by molar-refractivity contribution is 5.94. The standard InChI is InChI=1S/C21H19N7O/c1-13-20(14(2)29-26-13)15-7-18-21(24-8-15)17(16-9-25-27(3)10-16)11-28(18)12-19-22-5-4-6-23-19/h4-11H,12H2,1-3H3. The monoisotopic (exact) mass is 385 g/mol. The van der Waals surface area contributed by atoms with Crippen molar-refractivity contribution in [3.05, 3.63) is 66.6 Å². The molecule has 144 valence electrons. The Labute approximate surface area is 166 Å². The van der Waals surface area contributed by atoms with E-state index in [4.69, 9.17) is 9.51 Å². The van der Waals surface area contributed by atoms with Crippen molar-refractivity contribution in [1.82, 2.24) is 34.5 Å². The molecule has 8 heteroatoms. The molecule has 0 unspecified atom stereocenters. The van der Waals surface area contributed by atoms with Crippen LogP contribution in [0.15, 0.2) is 53.8 Å². The molecule has 0 aliphatic carbocycles. The van der Waals surface area contributed by atoms with E-state index in [1.807, 2.05) is 45.6 Å².